The van der Waals surface area contributed by atoms with E-state index in [1.165, 1.54) is 32.0 Å². The summed E-state index contributed by atoms with van der Waals surface area (Å²) in [5.41, 5.74) is 7.23. The molecule has 3 aliphatic rings. The first-order chi connectivity index (χ1) is 34.7. The molecule has 0 fully saturated rings. The van der Waals surface area contributed by atoms with E-state index in [1.54, 1.807) is 42.7 Å². The van der Waals surface area contributed by atoms with E-state index in [4.69, 9.17) is 14.7 Å². The Bertz CT molecular complexity index is 3720. The zero-order valence-electron chi connectivity index (χ0n) is 42.0. The summed E-state index contributed by atoms with van der Waals surface area (Å²) in [4.78, 5) is 27.7. The molecule has 0 aliphatic carbocycles. The molecular weight excluding hydrogens is 921 g/mol. The molecule has 73 heavy (non-hydrogen) atoms. The first-order valence-electron chi connectivity index (χ1n) is 24.3. The van der Waals surface area contributed by atoms with Crippen LogP contribution in [0.1, 0.15) is 99.9 Å². The SMILES string of the molecule is CC1(C)CN=C(c2cnc3ccccc3c2)c2cccc(F)c2O1.CC1(C)N=C(c2cnc3ccccc3c2)c2cccc(F)c2C1(C)C.CC1(C)N=C(c2cnc3ccccc3c2)c2ccccc2C1(F)F. The molecule has 12 rings (SSSR count). The van der Waals surface area contributed by atoms with Crippen LogP contribution in [0.3, 0.4) is 0 Å². The van der Waals surface area contributed by atoms with Gasteiger partial charge in [0.15, 0.2) is 11.6 Å². The van der Waals surface area contributed by atoms with E-state index in [9.17, 15) is 17.6 Å². The fourth-order valence-corrected chi connectivity index (χ4v) is 9.60. The van der Waals surface area contributed by atoms with Gasteiger partial charge in [0.2, 0.25) is 0 Å². The van der Waals surface area contributed by atoms with Crippen molar-refractivity contribution in [2.24, 2.45) is 15.0 Å². The third-order valence-electron chi connectivity index (χ3n) is 14.3. The van der Waals surface area contributed by atoms with Crippen LogP contribution in [0, 0.1) is 11.6 Å². The number of aliphatic imine (C=N–C) groups is 3. The summed E-state index contributed by atoms with van der Waals surface area (Å²) in [7, 11) is 0. The Morgan fingerprint density at radius 2 is 0.890 bits per heavy atom. The largest absolute Gasteiger partial charge is 0.482 e. The summed E-state index contributed by atoms with van der Waals surface area (Å²) in [5, 5.41) is 3.05. The van der Waals surface area contributed by atoms with Gasteiger partial charge in [-0.2, -0.15) is 8.78 Å². The van der Waals surface area contributed by atoms with Gasteiger partial charge >= 0.3 is 0 Å². The van der Waals surface area contributed by atoms with Crippen LogP contribution < -0.4 is 4.74 Å². The third kappa shape index (κ3) is 8.95. The molecule has 6 heterocycles. The number of halogens is 4. The van der Waals surface area contributed by atoms with Gasteiger partial charge in [-0.15, -0.1) is 0 Å². The molecule has 3 aliphatic heterocycles. The second-order valence-corrected chi connectivity index (χ2v) is 20.8. The van der Waals surface area contributed by atoms with Gasteiger partial charge in [0.25, 0.3) is 5.92 Å². The van der Waals surface area contributed by atoms with Crippen molar-refractivity contribution in [2.75, 3.05) is 6.54 Å². The van der Waals surface area contributed by atoms with Crippen LogP contribution in [-0.2, 0) is 11.3 Å². The van der Waals surface area contributed by atoms with E-state index in [1.807, 2.05) is 117 Å². The van der Waals surface area contributed by atoms with Crippen LogP contribution in [0.2, 0.25) is 0 Å². The molecule has 0 spiro atoms. The Morgan fingerprint density at radius 1 is 0.452 bits per heavy atom. The van der Waals surface area contributed by atoms with Crippen molar-refractivity contribution < 1.29 is 22.3 Å². The number of hydrogen-bond acceptors (Lipinski definition) is 7. The number of nitrogens with zero attached hydrogens (tertiary/aromatic N) is 6. The summed E-state index contributed by atoms with van der Waals surface area (Å²) >= 11 is 0. The molecule has 0 N–H and O–H groups in total. The van der Waals surface area contributed by atoms with Crippen LogP contribution >= 0.6 is 0 Å². The average Bonchev–Trinajstić information content (AvgIpc) is 3.52. The van der Waals surface area contributed by atoms with Crippen LogP contribution in [0.15, 0.2) is 185 Å². The molecule has 0 saturated carbocycles. The molecule has 0 amide bonds. The number of fused-ring (bicyclic) bond motifs is 6. The molecule has 366 valence electrons. The van der Waals surface area contributed by atoms with E-state index in [-0.39, 0.29) is 22.9 Å². The van der Waals surface area contributed by atoms with Crippen LogP contribution in [0.5, 0.6) is 5.75 Å². The van der Waals surface area contributed by atoms with Gasteiger partial charge in [0, 0.05) is 84.7 Å². The molecule has 0 bridgehead atoms. The maximum atomic E-state index is 14.8. The molecule has 0 atom stereocenters. The highest BCUT2D eigenvalue weighted by molar-refractivity contribution is 6.17. The van der Waals surface area contributed by atoms with E-state index in [2.05, 4.69) is 53.7 Å². The molecule has 0 unspecified atom stereocenters. The van der Waals surface area contributed by atoms with E-state index >= 15 is 0 Å². The molecule has 3 aromatic heterocycles. The van der Waals surface area contributed by atoms with Gasteiger partial charge in [-0.05, 0) is 96.1 Å². The average molecular weight is 975 g/mol. The van der Waals surface area contributed by atoms with Crippen molar-refractivity contribution in [1.29, 1.82) is 0 Å². The Hall–Kier alpha value is -7.92. The fraction of sp³-hybridized carbons (Fsp3) is 0.226. The monoisotopic (exact) mass is 974 g/mol. The van der Waals surface area contributed by atoms with Crippen molar-refractivity contribution in [3.05, 3.63) is 226 Å². The van der Waals surface area contributed by atoms with E-state index < -0.39 is 28.0 Å². The summed E-state index contributed by atoms with van der Waals surface area (Å²) in [6.45, 7) is 15.5. The van der Waals surface area contributed by atoms with Gasteiger partial charge in [-0.25, -0.2) is 8.78 Å². The number of pyridine rings is 3. The fourth-order valence-electron chi connectivity index (χ4n) is 9.60. The first kappa shape index (κ1) is 48.7. The minimum absolute atomic E-state index is 0.0214. The second kappa shape index (κ2) is 18.3. The number of alkyl halides is 2. The lowest BCUT2D eigenvalue weighted by Crippen LogP contribution is -2.46. The number of aromatic nitrogens is 3. The van der Waals surface area contributed by atoms with Gasteiger partial charge in [0.1, 0.15) is 17.0 Å². The highest BCUT2D eigenvalue weighted by Gasteiger charge is 2.52. The van der Waals surface area contributed by atoms with Gasteiger partial charge in [-0.1, -0.05) is 111 Å². The van der Waals surface area contributed by atoms with Gasteiger partial charge in [-0.3, -0.25) is 29.9 Å². The Balaban J connectivity index is 0.000000126. The number of benzene rings is 6. The molecule has 0 radical (unpaired) electrons. The molecule has 7 nitrogen and oxygen atoms in total. The second-order valence-electron chi connectivity index (χ2n) is 20.8. The minimum atomic E-state index is -3.02. The number of para-hydroxylation sites is 4. The molecule has 9 aromatic rings. The summed E-state index contributed by atoms with van der Waals surface area (Å²) in [6.07, 6.45) is 5.33. The zero-order chi connectivity index (χ0) is 51.5. The van der Waals surface area contributed by atoms with Crippen molar-refractivity contribution in [2.45, 2.75) is 83.4 Å². The predicted octanol–water partition coefficient (Wildman–Crippen LogP) is 14.6. The standard InChI is InChI=1S/C22H21FN2.C20H16F2N2.C20H17FN2O/c1-21(2)19-16(9-7-10-17(19)23)20(25-22(21,3)4)15-12-14-8-5-6-11-18(14)24-13-15;1-19(2)20(21,22)16-9-5-4-8-15(16)18(24-19)14-11-13-7-3-6-10-17(13)23-12-14;1-20(2)12-23-18(15-7-5-8-16(21)19(15)24-20)14-10-13-6-3-4-9-17(13)22-11-14/h5-13H,1-4H3;3-12H,1-2H3;3-11H,12H2,1-2H3. The highest BCUT2D eigenvalue weighted by atomic mass is 19.3. The Morgan fingerprint density at radius 3 is 1.45 bits per heavy atom. The number of ether oxygens (including phenoxy) is 1. The van der Waals surface area contributed by atoms with Crippen LogP contribution in [0.25, 0.3) is 32.7 Å². The summed E-state index contributed by atoms with van der Waals surface area (Å²) in [6, 6.07) is 46.5. The van der Waals surface area contributed by atoms with Crippen LogP contribution in [0.4, 0.5) is 17.6 Å². The van der Waals surface area contributed by atoms with Crippen molar-refractivity contribution >= 4 is 49.8 Å². The number of hydrogen-bond donors (Lipinski definition) is 0. The van der Waals surface area contributed by atoms with Crippen molar-refractivity contribution in [1.82, 2.24) is 15.0 Å². The Kier molecular flexibility index (Phi) is 12.2. The number of rotatable bonds is 3. The molecule has 6 aromatic carbocycles. The van der Waals surface area contributed by atoms with E-state index in [0.717, 1.165) is 66.2 Å². The maximum Gasteiger partial charge on any atom is 0.297 e. The lowest BCUT2D eigenvalue weighted by molar-refractivity contribution is -0.0681. The van der Waals surface area contributed by atoms with Crippen molar-refractivity contribution in [3.8, 4) is 5.75 Å². The predicted molar refractivity (Wildman–Crippen MR) is 286 cm³/mol. The Labute approximate surface area is 422 Å². The van der Waals surface area contributed by atoms with Crippen molar-refractivity contribution in [3.63, 3.8) is 0 Å². The first-order valence-corrected chi connectivity index (χ1v) is 24.3. The smallest absolute Gasteiger partial charge is 0.297 e. The normalized spacial score (nSPS) is 17.3. The highest BCUT2D eigenvalue weighted by Crippen LogP contribution is 2.47. The van der Waals surface area contributed by atoms with Gasteiger partial charge in [0.05, 0.1) is 45.8 Å². The van der Waals surface area contributed by atoms with Gasteiger partial charge < -0.3 is 4.74 Å². The lowest BCUT2D eigenvalue weighted by Gasteiger charge is -2.44. The van der Waals surface area contributed by atoms with Crippen LogP contribution in [-0.4, -0.2) is 55.3 Å². The third-order valence-corrected chi connectivity index (χ3v) is 14.3. The molecule has 11 heteroatoms. The summed E-state index contributed by atoms with van der Waals surface area (Å²) in [5.74, 6) is -3.30. The minimum Gasteiger partial charge on any atom is -0.482 e. The van der Waals surface area contributed by atoms with E-state index in [0.29, 0.717) is 29.1 Å². The zero-order valence-corrected chi connectivity index (χ0v) is 42.0. The molecular formula is C62H54F4N6O. The quantitative estimate of drug-likeness (QED) is 0.165. The topological polar surface area (TPSA) is 85.0 Å². The molecule has 0 saturated heterocycles. The maximum absolute atomic E-state index is 14.8. The summed E-state index contributed by atoms with van der Waals surface area (Å²) < 4.78 is 64.6. The lowest BCUT2D eigenvalue weighted by atomic mass is 9.65.